The molecule has 10 aromatic carbocycles. The topological polar surface area (TPSA) is 6.48 Å². The van der Waals surface area contributed by atoms with Crippen LogP contribution in [0.4, 0.5) is 188 Å². The Morgan fingerprint density at radius 1 is 0.172 bits per heavy atom. The normalized spacial score (nSPS) is 11.7. The van der Waals surface area contributed by atoms with Gasteiger partial charge in [0, 0.05) is 17.4 Å². The number of benzene rings is 10. The summed E-state index contributed by atoms with van der Waals surface area (Å²) >= 11 is 0. The molecule has 2 nitrogen and oxygen atoms in total. The van der Waals surface area contributed by atoms with Gasteiger partial charge in [-0.2, -0.15) is 0 Å². The smallest absolute Gasteiger partial charge is 0.200 e. The van der Waals surface area contributed by atoms with Crippen molar-refractivity contribution >= 4 is 34.1 Å². The van der Waals surface area contributed by atoms with E-state index in [2.05, 4.69) is 0 Å². The molecule has 0 atom stereocenters. The molecule has 0 radical (unpaired) electrons. The molecule has 0 aliphatic carbocycles. The van der Waals surface area contributed by atoms with Gasteiger partial charge in [-0.25, -0.2) is 154 Å². The van der Waals surface area contributed by atoms with Gasteiger partial charge in [-0.3, -0.25) is 4.90 Å². The van der Waals surface area contributed by atoms with E-state index >= 15 is 92.2 Å². The van der Waals surface area contributed by atoms with Crippen molar-refractivity contribution in [2.45, 2.75) is 13.8 Å². The van der Waals surface area contributed by atoms with Gasteiger partial charge >= 0.3 is 0 Å². The maximum Gasteiger partial charge on any atom is 0.200 e. The summed E-state index contributed by atoms with van der Waals surface area (Å²) in [6.07, 6.45) is 0. The van der Waals surface area contributed by atoms with Crippen LogP contribution in [0.1, 0.15) is 11.1 Å². The second kappa shape index (κ2) is 25.0. The van der Waals surface area contributed by atoms with Gasteiger partial charge in [-0.05, 0) is 60.4 Å². The Labute approximate surface area is 523 Å². The van der Waals surface area contributed by atoms with Crippen LogP contribution in [0.5, 0.6) is 0 Å². The van der Waals surface area contributed by atoms with Crippen LogP contribution in [-0.4, -0.2) is 0 Å². The zero-order valence-electron chi connectivity index (χ0n) is 46.7. The zero-order chi connectivity index (χ0) is 73.7. The molecule has 0 unspecified atom stereocenters. The summed E-state index contributed by atoms with van der Waals surface area (Å²) in [6, 6.07) is 1.91. The molecule has 0 aliphatic rings. The van der Waals surface area contributed by atoms with E-state index in [0.717, 1.165) is 0 Å². The van der Waals surface area contributed by atoms with Gasteiger partial charge in [0.15, 0.2) is 175 Å². The Balaban J connectivity index is 1.21. The lowest BCUT2D eigenvalue weighted by atomic mass is 9.96. The maximum absolute atomic E-state index is 16.7. The molecule has 0 bridgehead atoms. The molecular formula is C62H13F35N2. The number of aryl methyl sites for hydroxylation is 2. The number of nitrogens with zero attached hydrogens (tertiary/aromatic N) is 2. The summed E-state index contributed by atoms with van der Waals surface area (Å²) in [5.41, 5.74) is -38.6. The second-order valence-corrected chi connectivity index (χ2v) is 20.3. The fourth-order valence-corrected chi connectivity index (χ4v) is 10.3. The van der Waals surface area contributed by atoms with Gasteiger partial charge in [0.1, 0.15) is 22.9 Å². The molecule has 10 rings (SSSR count). The van der Waals surface area contributed by atoms with Crippen LogP contribution < -0.4 is 9.80 Å². The van der Waals surface area contributed by atoms with Crippen molar-refractivity contribution in [1.29, 1.82) is 0 Å². The van der Waals surface area contributed by atoms with Crippen LogP contribution in [0.15, 0.2) is 42.5 Å². The second-order valence-electron chi connectivity index (χ2n) is 20.3. The summed E-state index contributed by atoms with van der Waals surface area (Å²) in [5, 5.41) is 0. The predicted octanol–water partition coefficient (Wildman–Crippen LogP) is 22.4. The third-order valence-corrected chi connectivity index (χ3v) is 14.8. The molecule has 99 heavy (non-hydrogen) atoms. The van der Waals surface area contributed by atoms with Crippen LogP contribution in [-0.2, 0) is 0 Å². The van der Waals surface area contributed by atoms with Crippen LogP contribution >= 0.6 is 0 Å². The number of hydrogen-bond donors (Lipinski definition) is 0. The van der Waals surface area contributed by atoms with Crippen molar-refractivity contribution < 1.29 is 154 Å². The molecule has 0 saturated carbocycles. The number of hydrogen-bond acceptors (Lipinski definition) is 2. The van der Waals surface area contributed by atoms with Crippen molar-refractivity contribution in [2.75, 3.05) is 9.80 Å². The quantitative estimate of drug-likeness (QED) is 0.0723. The van der Waals surface area contributed by atoms with E-state index in [1.807, 2.05) is 0 Å². The van der Waals surface area contributed by atoms with Crippen molar-refractivity contribution in [2.24, 2.45) is 0 Å². The van der Waals surface area contributed by atoms with Gasteiger partial charge in [-0.1, -0.05) is 12.1 Å². The summed E-state index contributed by atoms with van der Waals surface area (Å²) in [7, 11) is 0. The van der Waals surface area contributed by atoms with E-state index in [-0.39, 0.29) is 6.07 Å². The maximum atomic E-state index is 16.7. The highest BCUT2D eigenvalue weighted by atomic mass is 19.2. The Kier molecular flexibility index (Phi) is 18.0. The van der Waals surface area contributed by atoms with Gasteiger partial charge in [0.05, 0.1) is 50.2 Å². The lowest BCUT2D eigenvalue weighted by Crippen LogP contribution is -2.22. The average Bonchev–Trinajstić information content (AvgIpc) is 0.736. The minimum Gasteiger partial charge on any atom is -0.302 e. The molecule has 0 saturated heterocycles. The summed E-state index contributed by atoms with van der Waals surface area (Å²) in [6.45, 7) is 1.21. The molecule has 0 aliphatic heterocycles. The molecular weight excluding hydrogens is 1440 g/mol. The lowest BCUT2D eigenvalue weighted by molar-refractivity contribution is 0.379. The average molecular weight is 1450 g/mol. The number of anilines is 6. The first-order valence-corrected chi connectivity index (χ1v) is 25.8. The standard InChI is InChI=1S/C62H13F35N2/c1-10-7-12(3-5-15(10)98(17-9-14(63)18(27(65)26(17)64)19-28(66)42(80)50(88)43(81)29(19)67)60-54(92)36(74)23(37(75)55(60)93)20-30(68)44(82)51(89)45(83)31(20)69)13-4-6-16(11(2)8-13)99(61-56(94)38(76)24(39(77)57(61)95)21-32(70)46(84)52(90)47(85)33(21)71)62-58(96)40(78)25(41(79)59(62)97)22-34(72)48(86)53(91)49(87)35(22)73/h3-9H,1-2H3. The van der Waals surface area contributed by atoms with E-state index in [9.17, 15) is 61.5 Å². The van der Waals surface area contributed by atoms with Gasteiger partial charge in [0.2, 0.25) is 23.3 Å². The Bertz CT molecular complexity index is 4920. The Morgan fingerprint density at radius 2 is 0.354 bits per heavy atom. The highest BCUT2D eigenvalue weighted by Gasteiger charge is 2.44. The van der Waals surface area contributed by atoms with Crippen LogP contribution in [0, 0.1) is 217 Å². The first-order valence-electron chi connectivity index (χ1n) is 25.8. The van der Waals surface area contributed by atoms with Crippen LogP contribution in [0.25, 0.3) is 55.6 Å². The largest absolute Gasteiger partial charge is 0.302 e. The van der Waals surface area contributed by atoms with Gasteiger partial charge in [-0.15, -0.1) is 0 Å². The minimum atomic E-state index is -3.32. The van der Waals surface area contributed by atoms with Crippen molar-refractivity contribution in [3.63, 3.8) is 0 Å². The molecule has 0 aromatic heterocycles. The molecule has 37 heteroatoms. The summed E-state index contributed by atoms with van der Waals surface area (Å²) < 4.78 is 537. The van der Waals surface area contributed by atoms with E-state index in [1.54, 1.807) is 0 Å². The highest BCUT2D eigenvalue weighted by Crippen LogP contribution is 2.53. The van der Waals surface area contributed by atoms with E-state index < -0.39 is 320 Å². The van der Waals surface area contributed by atoms with Gasteiger partial charge < -0.3 is 4.90 Å². The molecule has 0 fully saturated rings. The molecule has 0 N–H and O–H groups in total. The SMILES string of the molecule is Cc1cc(-c2ccc(N(c3c(F)c(F)c(-c4c(F)c(F)c(F)c(F)c4F)c(F)c3F)c3c(F)c(F)c(-c4c(F)c(F)c(F)c(F)c4F)c(F)c3F)c(C)c2)ccc1N(c1cc(F)c(-c2c(F)c(F)c(F)c(F)c2F)c(F)c1F)c1c(F)c(F)c(-c2c(F)c(F)c(F)c(F)c2F)c(F)c1F. The lowest BCUT2D eigenvalue weighted by Gasteiger charge is -2.30. The third kappa shape index (κ3) is 10.4. The molecule has 0 heterocycles. The van der Waals surface area contributed by atoms with E-state index in [4.69, 9.17) is 0 Å². The number of rotatable bonds is 11. The Morgan fingerprint density at radius 3 is 0.586 bits per heavy atom. The van der Waals surface area contributed by atoms with E-state index in [1.165, 1.54) is 0 Å². The summed E-state index contributed by atoms with van der Waals surface area (Å²) in [5.74, 6) is -110. The van der Waals surface area contributed by atoms with E-state index in [0.29, 0.717) is 44.2 Å². The Hall–Kier alpha value is -10.7. The molecule has 10 aromatic rings. The zero-order valence-corrected chi connectivity index (χ0v) is 46.7. The first-order chi connectivity index (χ1) is 46.1. The third-order valence-electron chi connectivity index (χ3n) is 14.8. The van der Waals surface area contributed by atoms with Crippen molar-refractivity contribution in [1.82, 2.24) is 0 Å². The van der Waals surface area contributed by atoms with Gasteiger partial charge in [0.25, 0.3) is 0 Å². The van der Waals surface area contributed by atoms with Crippen LogP contribution in [0.2, 0.25) is 0 Å². The van der Waals surface area contributed by atoms with Crippen molar-refractivity contribution in [3.8, 4) is 55.6 Å². The molecule has 0 amide bonds. The number of halogens is 35. The summed E-state index contributed by atoms with van der Waals surface area (Å²) in [4.78, 5) is -1.66. The fourth-order valence-electron chi connectivity index (χ4n) is 10.3. The van der Waals surface area contributed by atoms with Crippen LogP contribution in [0.3, 0.4) is 0 Å². The minimum absolute atomic E-state index is 0.203. The predicted molar refractivity (Wildman–Crippen MR) is 271 cm³/mol. The molecule has 0 spiro atoms. The first kappa shape index (κ1) is 71.1. The molecule has 516 valence electrons. The fraction of sp³-hybridized carbons (Fsp3) is 0.0323. The highest BCUT2D eigenvalue weighted by molar-refractivity contribution is 5.88. The van der Waals surface area contributed by atoms with Crippen molar-refractivity contribution in [3.05, 3.63) is 257 Å². The monoisotopic (exact) mass is 1450 g/mol.